The van der Waals surface area contributed by atoms with Gasteiger partial charge in [-0.1, -0.05) is 5.16 Å². The lowest BCUT2D eigenvalue weighted by atomic mass is 10.1. The molecule has 0 saturated heterocycles. The first-order valence-corrected chi connectivity index (χ1v) is 3.45. The van der Waals surface area contributed by atoms with E-state index in [-0.39, 0.29) is 11.1 Å². The largest absolute Gasteiger partial charge is 0.478 e. The monoisotopic (exact) mass is 181 g/mol. The minimum Gasteiger partial charge on any atom is -0.478 e. The van der Waals surface area contributed by atoms with Gasteiger partial charge >= 0.3 is 5.97 Å². The molecule has 1 N–H and O–H groups in total. The van der Waals surface area contributed by atoms with Crippen molar-refractivity contribution in [3.8, 4) is 0 Å². The van der Waals surface area contributed by atoms with Crippen LogP contribution in [0.2, 0.25) is 0 Å². The summed E-state index contributed by atoms with van der Waals surface area (Å²) in [5.41, 5.74) is -0.00588. The lowest BCUT2D eigenvalue weighted by molar-refractivity contribution is 0.0698. The Morgan fingerprint density at radius 3 is 3.00 bits per heavy atom. The molecule has 5 heteroatoms. The quantitative estimate of drug-likeness (QED) is 0.726. The van der Waals surface area contributed by atoms with Crippen molar-refractivity contribution >= 4 is 16.9 Å². The molecule has 0 saturated carbocycles. The van der Waals surface area contributed by atoms with Gasteiger partial charge in [0, 0.05) is 6.07 Å². The van der Waals surface area contributed by atoms with E-state index in [2.05, 4.69) is 9.68 Å². The van der Waals surface area contributed by atoms with Gasteiger partial charge in [-0.15, -0.1) is 0 Å². The van der Waals surface area contributed by atoms with E-state index >= 15 is 0 Å². The van der Waals surface area contributed by atoms with Gasteiger partial charge < -0.3 is 9.63 Å². The molecular weight excluding hydrogens is 177 g/mol. The van der Waals surface area contributed by atoms with Crippen molar-refractivity contribution in [2.45, 2.75) is 0 Å². The molecule has 13 heavy (non-hydrogen) atoms. The van der Waals surface area contributed by atoms with Crippen molar-refractivity contribution in [2.24, 2.45) is 0 Å². The Bertz CT molecular complexity index is 477. The molecule has 0 aliphatic rings. The average Bonchev–Trinajstić information content (AvgIpc) is 2.49. The summed E-state index contributed by atoms with van der Waals surface area (Å²) in [5, 5.41) is 12.4. The number of hydrogen-bond acceptors (Lipinski definition) is 3. The molecule has 0 atom stereocenters. The van der Waals surface area contributed by atoms with Gasteiger partial charge in [-0.2, -0.15) is 0 Å². The normalized spacial score (nSPS) is 10.5. The number of nitrogens with zero attached hydrogens (tertiary/aromatic N) is 1. The molecule has 1 aromatic carbocycles. The van der Waals surface area contributed by atoms with Gasteiger partial charge in [0.2, 0.25) is 0 Å². The number of rotatable bonds is 1. The minimum atomic E-state index is -1.20. The maximum atomic E-state index is 12.8. The summed E-state index contributed by atoms with van der Waals surface area (Å²) in [7, 11) is 0. The number of aromatic nitrogens is 1. The topological polar surface area (TPSA) is 63.3 Å². The predicted octanol–water partition coefficient (Wildman–Crippen LogP) is 1.67. The Morgan fingerprint density at radius 1 is 1.54 bits per heavy atom. The molecule has 0 fully saturated rings. The van der Waals surface area contributed by atoms with Crippen molar-refractivity contribution in [3.05, 3.63) is 29.7 Å². The fourth-order valence-electron chi connectivity index (χ4n) is 1.11. The predicted molar refractivity (Wildman–Crippen MR) is 40.9 cm³/mol. The Balaban J connectivity index is 2.84. The average molecular weight is 181 g/mol. The van der Waals surface area contributed by atoms with Crippen molar-refractivity contribution in [1.29, 1.82) is 0 Å². The van der Waals surface area contributed by atoms with E-state index in [1.54, 1.807) is 0 Å². The van der Waals surface area contributed by atoms with Gasteiger partial charge in [0.05, 0.1) is 17.1 Å². The van der Waals surface area contributed by atoms with E-state index in [4.69, 9.17) is 5.11 Å². The zero-order valence-electron chi connectivity index (χ0n) is 6.32. The van der Waals surface area contributed by atoms with Gasteiger partial charge in [0.25, 0.3) is 0 Å². The summed E-state index contributed by atoms with van der Waals surface area (Å²) >= 11 is 0. The van der Waals surface area contributed by atoms with E-state index in [1.807, 2.05) is 0 Å². The molecule has 0 unspecified atom stereocenters. The maximum absolute atomic E-state index is 12.8. The van der Waals surface area contributed by atoms with Crippen LogP contribution in [0, 0.1) is 5.82 Å². The summed E-state index contributed by atoms with van der Waals surface area (Å²) in [6.07, 6.45) is 1.25. The minimum absolute atomic E-state index is 0.136. The third-order valence-electron chi connectivity index (χ3n) is 1.67. The van der Waals surface area contributed by atoms with Gasteiger partial charge in [0.1, 0.15) is 5.82 Å². The maximum Gasteiger partial charge on any atom is 0.336 e. The molecule has 1 heterocycles. The van der Waals surface area contributed by atoms with E-state index in [0.717, 1.165) is 12.1 Å². The SMILES string of the molecule is O=C(O)c1cc(F)cc2oncc12. The van der Waals surface area contributed by atoms with Crippen LogP contribution < -0.4 is 0 Å². The van der Waals surface area contributed by atoms with E-state index < -0.39 is 11.8 Å². The summed E-state index contributed by atoms with van der Waals surface area (Å²) in [5.74, 6) is -1.85. The number of hydrogen-bond donors (Lipinski definition) is 1. The van der Waals surface area contributed by atoms with Gasteiger partial charge in [-0.25, -0.2) is 9.18 Å². The summed E-state index contributed by atoms with van der Waals surface area (Å²) in [6.45, 7) is 0. The molecule has 2 aromatic rings. The zero-order valence-corrected chi connectivity index (χ0v) is 6.32. The standard InChI is InChI=1S/C8H4FNO3/c9-4-1-5(8(11)12)6-3-10-13-7(6)2-4/h1-3H,(H,11,12). The van der Waals surface area contributed by atoms with Crippen LogP contribution in [-0.4, -0.2) is 16.2 Å². The Morgan fingerprint density at radius 2 is 2.31 bits per heavy atom. The number of halogens is 1. The Hall–Kier alpha value is -1.91. The molecule has 66 valence electrons. The van der Waals surface area contributed by atoms with Crippen molar-refractivity contribution in [1.82, 2.24) is 5.16 Å². The lowest BCUT2D eigenvalue weighted by Crippen LogP contribution is -1.97. The number of fused-ring (bicyclic) bond motifs is 1. The highest BCUT2D eigenvalue weighted by Gasteiger charge is 2.12. The highest BCUT2D eigenvalue weighted by atomic mass is 19.1. The van der Waals surface area contributed by atoms with Crippen molar-refractivity contribution in [2.75, 3.05) is 0 Å². The van der Waals surface area contributed by atoms with E-state index in [9.17, 15) is 9.18 Å². The first-order chi connectivity index (χ1) is 6.18. The lowest BCUT2D eigenvalue weighted by Gasteiger charge is -1.94. The van der Waals surface area contributed by atoms with Crippen LogP contribution >= 0.6 is 0 Å². The van der Waals surface area contributed by atoms with Crippen LogP contribution in [-0.2, 0) is 0 Å². The van der Waals surface area contributed by atoms with Crippen molar-refractivity contribution in [3.63, 3.8) is 0 Å². The Labute approximate surface area is 71.6 Å². The summed E-state index contributed by atoms with van der Waals surface area (Å²) < 4.78 is 17.4. The first kappa shape index (κ1) is 7.72. The summed E-state index contributed by atoms with van der Waals surface area (Å²) in [4.78, 5) is 10.6. The fraction of sp³-hybridized carbons (Fsp3) is 0. The van der Waals surface area contributed by atoms with Crippen LogP contribution in [0.3, 0.4) is 0 Å². The third kappa shape index (κ3) is 1.14. The van der Waals surface area contributed by atoms with Crippen LogP contribution in [0.15, 0.2) is 22.9 Å². The molecule has 2 rings (SSSR count). The molecule has 0 bridgehead atoms. The fourth-order valence-corrected chi connectivity index (χ4v) is 1.11. The molecule has 0 aliphatic heterocycles. The zero-order chi connectivity index (χ0) is 9.42. The van der Waals surface area contributed by atoms with Crippen LogP contribution in [0.5, 0.6) is 0 Å². The second-order valence-corrected chi connectivity index (χ2v) is 2.50. The number of carbonyl (C=O) groups is 1. The molecule has 0 aliphatic carbocycles. The molecule has 0 radical (unpaired) electrons. The highest BCUT2D eigenvalue weighted by Crippen LogP contribution is 2.19. The summed E-state index contributed by atoms with van der Waals surface area (Å²) in [6, 6.07) is 2.02. The molecule has 0 spiro atoms. The first-order valence-electron chi connectivity index (χ1n) is 3.45. The molecule has 4 nitrogen and oxygen atoms in total. The van der Waals surface area contributed by atoms with Crippen LogP contribution in [0.1, 0.15) is 10.4 Å². The second kappa shape index (κ2) is 2.55. The molecular formula is C8H4FNO3. The third-order valence-corrected chi connectivity index (χ3v) is 1.67. The van der Waals surface area contributed by atoms with Crippen LogP contribution in [0.25, 0.3) is 11.0 Å². The Kier molecular flexibility index (Phi) is 1.51. The van der Waals surface area contributed by atoms with Crippen molar-refractivity contribution < 1.29 is 18.8 Å². The molecule has 1 aromatic heterocycles. The van der Waals surface area contributed by atoms with E-state index in [0.29, 0.717) is 5.39 Å². The number of carboxylic acids is 1. The van der Waals surface area contributed by atoms with E-state index in [1.165, 1.54) is 6.20 Å². The van der Waals surface area contributed by atoms with Gasteiger partial charge in [-0.05, 0) is 6.07 Å². The van der Waals surface area contributed by atoms with Crippen LogP contribution in [0.4, 0.5) is 4.39 Å². The second-order valence-electron chi connectivity index (χ2n) is 2.50. The highest BCUT2D eigenvalue weighted by molar-refractivity contribution is 6.01. The smallest absolute Gasteiger partial charge is 0.336 e. The molecule has 0 amide bonds. The van der Waals surface area contributed by atoms with Gasteiger partial charge in [-0.3, -0.25) is 0 Å². The number of carboxylic acid groups (broad SMARTS) is 1. The number of benzene rings is 1. The van der Waals surface area contributed by atoms with Gasteiger partial charge in [0.15, 0.2) is 5.58 Å². The number of aromatic carboxylic acids is 1.